The van der Waals surface area contributed by atoms with Gasteiger partial charge in [-0.05, 0) is 51.8 Å². The fraction of sp³-hybridized carbons (Fsp3) is 0.600. The van der Waals surface area contributed by atoms with Crippen LogP contribution in [0.15, 0.2) is 24.3 Å². The Kier molecular flexibility index (Phi) is 8.01. The van der Waals surface area contributed by atoms with Crippen molar-refractivity contribution in [1.82, 2.24) is 0 Å². The first-order valence-corrected chi connectivity index (χ1v) is 8.76. The molecule has 0 spiro atoms. The van der Waals surface area contributed by atoms with Gasteiger partial charge in [0.05, 0.1) is 5.81 Å². The topological polar surface area (TPSA) is 23.8 Å². The Hall–Kier alpha value is -0.730. The van der Waals surface area contributed by atoms with Crippen LogP contribution in [0.1, 0.15) is 46.0 Å². The quantitative estimate of drug-likeness (QED) is 0.320. The molecule has 17 heavy (non-hydrogen) atoms. The van der Waals surface area contributed by atoms with E-state index in [1.54, 1.807) is 0 Å². The normalized spacial score (nSPS) is 13.7. The van der Waals surface area contributed by atoms with E-state index >= 15 is 0 Å². The molecule has 0 rings (SSSR count). The number of nitrogens with zero attached hydrogens (tertiary/aromatic N) is 1. The maximum Gasteiger partial charge on any atom is 0.0855 e. The summed E-state index contributed by atoms with van der Waals surface area (Å²) in [6, 6.07) is 0. The molecule has 0 N–H and O–H groups in total. The third-order valence-corrected chi connectivity index (χ3v) is 5.84. The zero-order valence-electron chi connectivity index (χ0n) is 11.5. The third kappa shape index (κ3) is 7.24. The van der Waals surface area contributed by atoms with Crippen molar-refractivity contribution in [3.63, 3.8) is 0 Å². The summed E-state index contributed by atoms with van der Waals surface area (Å²) < 4.78 is 0. The summed E-state index contributed by atoms with van der Waals surface area (Å²) in [5.74, 6) is 2.48. The maximum atomic E-state index is 9.21. The van der Waals surface area contributed by atoms with Gasteiger partial charge < -0.3 is 0 Å². The maximum absolute atomic E-state index is 9.21. The van der Waals surface area contributed by atoms with E-state index in [9.17, 15) is 5.26 Å². The van der Waals surface area contributed by atoms with Gasteiger partial charge in [-0.3, -0.25) is 0 Å². The Morgan fingerprint density at radius 3 is 2.24 bits per heavy atom. The minimum atomic E-state index is -1.55. The standard InChI is InChI=1S/C15H26NP/c1-6-7-11-17(5,13-16)12-9-8-10-15(4)14(2)3/h2,4-12H2,1,3H3. The number of allylic oxidation sites excluding steroid dienone is 2. The number of hydrogen-bond donors (Lipinski definition) is 0. The van der Waals surface area contributed by atoms with E-state index in [1.165, 1.54) is 0 Å². The second kappa shape index (κ2) is 8.37. The van der Waals surface area contributed by atoms with Gasteiger partial charge in [0.2, 0.25) is 0 Å². The highest BCUT2D eigenvalue weighted by Crippen LogP contribution is 2.45. The van der Waals surface area contributed by atoms with Crippen molar-refractivity contribution >= 4 is 13.2 Å². The van der Waals surface area contributed by atoms with Gasteiger partial charge in [0.15, 0.2) is 0 Å². The van der Waals surface area contributed by atoms with Crippen molar-refractivity contribution in [2.75, 3.05) is 12.3 Å². The average molecular weight is 251 g/mol. The SMILES string of the molecule is C=C(C)C(=C)CCCCP(=C)(C#N)CCCC. The summed E-state index contributed by atoms with van der Waals surface area (Å²) in [5.41, 5.74) is 2.22. The van der Waals surface area contributed by atoms with Gasteiger partial charge in [-0.1, -0.05) is 43.9 Å². The highest BCUT2D eigenvalue weighted by Gasteiger charge is 2.12. The second-order valence-electron chi connectivity index (χ2n) is 4.89. The van der Waals surface area contributed by atoms with Crippen LogP contribution in [0.5, 0.6) is 0 Å². The smallest absolute Gasteiger partial charge is 0.0855 e. The van der Waals surface area contributed by atoms with Gasteiger partial charge >= 0.3 is 0 Å². The minimum absolute atomic E-state index is 1.01. The second-order valence-corrected chi connectivity index (χ2v) is 8.27. The van der Waals surface area contributed by atoms with Gasteiger partial charge in [0.25, 0.3) is 0 Å². The van der Waals surface area contributed by atoms with Gasteiger partial charge in [-0.2, -0.15) is 5.26 Å². The van der Waals surface area contributed by atoms with E-state index < -0.39 is 6.89 Å². The molecule has 0 amide bonds. The molecule has 96 valence electrons. The molecule has 1 unspecified atom stereocenters. The number of hydrogen-bond acceptors (Lipinski definition) is 1. The number of rotatable bonds is 9. The van der Waals surface area contributed by atoms with E-state index in [-0.39, 0.29) is 0 Å². The van der Waals surface area contributed by atoms with Crippen molar-refractivity contribution in [3.8, 4) is 5.81 Å². The largest absolute Gasteiger partial charge is 0.194 e. The Morgan fingerprint density at radius 1 is 1.18 bits per heavy atom. The van der Waals surface area contributed by atoms with Crippen LogP contribution >= 0.6 is 6.89 Å². The first-order chi connectivity index (χ1) is 7.95. The lowest BCUT2D eigenvalue weighted by atomic mass is 10.1. The van der Waals surface area contributed by atoms with Gasteiger partial charge in [-0.25, -0.2) is 0 Å². The van der Waals surface area contributed by atoms with E-state index in [2.05, 4.69) is 32.2 Å². The molecule has 0 heterocycles. The van der Waals surface area contributed by atoms with E-state index in [0.29, 0.717) is 0 Å². The molecule has 0 radical (unpaired) electrons. The summed E-state index contributed by atoms with van der Waals surface area (Å²) in [5, 5.41) is 9.21. The molecule has 0 saturated heterocycles. The number of unbranched alkanes of at least 4 members (excludes halogenated alkanes) is 2. The molecule has 2 heteroatoms. The molecular weight excluding hydrogens is 225 g/mol. The fourth-order valence-corrected chi connectivity index (χ4v) is 3.81. The van der Waals surface area contributed by atoms with Crippen LogP contribution in [0.25, 0.3) is 0 Å². The van der Waals surface area contributed by atoms with Crippen molar-refractivity contribution in [3.05, 3.63) is 24.3 Å². The molecule has 0 aliphatic heterocycles. The number of nitriles is 1. The summed E-state index contributed by atoms with van der Waals surface area (Å²) in [6.07, 6.45) is 11.7. The van der Waals surface area contributed by atoms with Crippen LogP contribution in [-0.2, 0) is 0 Å². The van der Waals surface area contributed by atoms with E-state index in [1.807, 2.05) is 6.92 Å². The van der Waals surface area contributed by atoms with Crippen molar-refractivity contribution in [2.24, 2.45) is 0 Å². The molecule has 0 aliphatic carbocycles. The zero-order chi connectivity index (χ0) is 13.3. The average Bonchev–Trinajstić information content (AvgIpc) is 2.31. The Bertz CT molecular complexity index is 346. The zero-order valence-corrected chi connectivity index (χ0v) is 12.4. The van der Waals surface area contributed by atoms with E-state index in [0.717, 1.165) is 55.6 Å². The molecule has 0 fully saturated rings. The molecule has 0 aliphatic rings. The molecule has 1 nitrogen and oxygen atoms in total. The highest BCUT2D eigenvalue weighted by atomic mass is 31.2. The molecule has 0 aromatic rings. The molecule has 0 bridgehead atoms. The third-order valence-electron chi connectivity index (χ3n) is 3.07. The summed E-state index contributed by atoms with van der Waals surface area (Å²) in [7, 11) is 0. The molecule has 0 aromatic heterocycles. The van der Waals surface area contributed by atoms with Crippen LogP contribution in [0.4, 0.5) is 0 Å². The summed E-state index contributed by atoms with van der Waals surface area (Å²) >= 11 is 0. The predicted octanol–water partition coefficient (Wildman–Crippen LogP) is 5.02. The van der Waals surface area contributed by atoms with Gasteiger partial charge in [-0.15, -0.1) is 0 Å². The lowest BCUT2D eigenvalue weighted by Gasteiger charge is -2.15. The highest BCUT2D eigenvalue weighted by molar-refractivity contribution is 7.78. The van der Waals surface area contributed by atoms with Crippen LogP contribution in [0.2, 0.25) is 0 Å². The molecular formula is C15H26NP. The Morgan fingerprint density at radius 2 is 1.76 bits per heavy atom. The first-order valence-electron chi connectivity index (χ1n) is 6.41. The monoisotopic (exact) mass is 251 g/mol. The molecule has 1 atom stereocenters. The van der Waals surface area contributed by atoms with Crippen LogP contribution in [0.3, 0.4) is 0 Å². The summed E-state index contributed by atoms with van der Waals surface area (Å²) in [4.78, 5) is 0. The van der Waals surface area contributed by atoms with Crippen molar-refractivity contribution in [1.29, 1.82) is 5.26 Å². The predicted molar refractivity (Wildman–Crippen MR) is 82.1 cm³/mol. The van der Waals surface area contributed by atoms with Gasteiger partial charge in [0, 0.05) is 0 Å². The summed E-state index contributed by atoms with van der Waals surface area (Å²) in [6.45, 7) is 10.5. The fourth-order valence-electron chi connectivity index (χ4n) is 1.64. The first kappa shape index (κ1) is 16.3. The van der Waals surface area contributed by atoms with Crippen LogP contribution in [0, 0.1) is 11.1 Å². The van der Waals surface area contributed by atoms with Crippen molar-refractivity contribution < 1.29 is 0 Å². The molecule has 0 aromatic carbocycles. The van der Waals surface area contributed by atoms with Gasteiger partial charge in [0.1, 0.15) is 0 Å². The molecule has 0 saturated carbocycles. The lowest BCUT2D eigenvalue weighted by molar-refractivity contribution is 0.795. The van der Waals surface area contributed by atoms with Crippen molar-refractivity contribution in [2.45, 2.75) is 46.0 Å². The Balaban J connectivity index is 3.93. The van der Waals surface area contributed by atoms with Crippen LogP contribution < -0.4 is 0 Å². The minimum Gasteiger partial charge on any atom is -0.194 e. The Labute approximate surface area is 107 Å². The van der Waals surface area contributed by atoms with Crippen LogP contribution in [-0.4, -0.2) is 18.6 Å². The van der Waals surface area contributed by atoms with E-state index in [4.69, 9.17) is 0 Å². The lowest BCUT2D eigenvalue weighted by Crippen LogP contribution is -1.95.